The molecule has 1 unspecified atom stereocenters. The summed E-state index contributed by atoms with van der Waals surface area (Å²) in [5.41, 5.74) is 1.06. The monoisotopic (exact) mass is 258 g/mol. The Kier molecular flexibility index (Phi) is 3.17. The third kappa shape index (κ3) is 2.52. The van der Waals surface area contributed by atoms with E-state index in [2.05, 4.69) is 0 Å². The molecule has 0 bridgehead atoms. The average Bonchev–Trinajstić information content (AvgIpc) is 2.61. The van der Waals surface area contributed by atoms with Crippen molar-refractivity contribution in [2.45, 2.75) is 25.2 Å². The molecular formula is C11H14O3S2. The first-order chi connectivity index (χ1) is 7.47. The van der Waals surface area contributed by atoms with Crippen molar-refractivity contribution in [1.82, 2.24) is 0 Å². The molecule has 3 nitrogen and oxygen atoms in total. The molecule has 0 radical (unpaired) electrons. The highest BCUT2D eigenvalue weighted by atomic mass is 32.2. The lowest BCUT2D eigenvalue weighted by Gasteiger charge is -2.20. The normalized spacial score (nSPS) is 20.4. The van der Waals surface area contributed by atoms with Gasteiger partial charge in [-0.15, -0.1) is 11.3 Å². The smallest absolute Gasteiger partial charge is 0.155 e. The summed E-state index contributed by atoms with van der Waals surface area (Å²) in [6.07, 6.45) is 3.91. The van der Waals surface area contributed by atoms with E-state index in [1.807, 2.05) is 11.4 Å². The number of rotatable bonds is 3. The molecule has 1 atom stereocenters. The average molecular weight is 258 g/mol. The van der Waals surface area contributed by atoms with Gasteiger partial charge in [0.2, 0.25) is 0 Å². The number of carbonyl (C=O) groups is 1. The number of Topliss-reactive ketones (excluding diaryl/α,β-unsaturated/α-hetero) is 1. The highest BCUT2D eigenvalue weighted by Gasteiger charge is 2.28. The van der Waals surface area contributed by atoms with E-state index in [9.17, 15) is 13.2 Å². The van der Waals surface area contributed by atoms with Gasteiger partial charge in [0.1, 0.15) is 5.75 Å². The fourth-order valence-electron chi connectivity index (χ4n) is 2.18. The molecule has 16 heavy (non-hydrogen) atoms. The van der Waals surface area contributed by atoms with E-state index in [-0.39, 0.29) is 17.5 Å². The van der Waals surface area contributed by atoms with Crippen LogP contribution in [0.4, 0.5) is 0 Å². The first kappa shape index (κ1) is 11.8. The third-order valence-corrected chi connectivity index (χ3v) is 4.65. The summed E-state index contributed by atoms with van der Waals surface area (Å²) in [4.78, 5) is 13.1. The molecule has 88 valence electrons. The van der Waals surface area contributed by atoms with E-state index >= 15 is 0 Å². The van der Waals surface area contributed by atoms with Crippen LogP contribution < -0.4 is 0 Å². The number of hydrogen-bond acceptors (Lipinski definition) is 4. The second-order valence-corrected chi connectivity index (χ2v) is 7.42. The molecule has 0 aromatic carbocycles. The molecule has 0 spiro atoms. The first-order valence-electron chi connectivity index (χ1n) is 5.24. The van der Waals surface area contributed by atoms with E-state index < -0.39 is 9.84 Å². The standard InChI is InChI=1S/C11H14O3S2/c1-16(13,14)7-10(12)8-3-2-4-11-9(8)5-6-15-11/h5-6,8H,2-4,7H2,1H3. The summed E-state index contributed by atoms with van der Waals surface area (Å²) in [6, 6.07) is 1.96. The molecule has 1 aromatic rings. The Morgan fingerprint density at radius 3 is 3.00 bits per heavy atom. The maximum atomic E-state index is 11.9. The van der Waals surface area contributed by atoms with Crippen LogP contribution in [-0.2, 0) is 21.1 Å². The lowest BCUT2D eigenvalue weighted by atomic mass is 9.85. The SMILES string of the molecule is CS(=O)(=O)CC(=O)C1CCCc2sccc21. The van der Waals surface area contributed by atoms with Gasteiger partial charge in [0, 0.05) is 17.1 Å². The van der Waals surface area contributed by atoms with Gasteiger partial charge in [-0.05, 0) is 36.3 Å². The molecule has 1 heterocycles. The lowest BCUT2D eigenvalue weighted by molar-refractivity contribution is -0.118. The van der Waals surface area contributed by atoms with E-state index in [0.29, 0.717) is 0 Å². The van der Waals surface area contributed by atoms with Gasteiger partial charge in [-0.25, -0.2) is 8.42 Å². The van der Waals surface area contributed by atoms with E-state index in [0.717, 1.165) is 31.1 Å². The summed E-state index contributed by atoms with van der Waals surface area (Å²) in [5.74, 6) is -0.668. The minimum absolute atomic E-state index is 0.151. The van der Waals surface area contributed by atoms with Gasteiger partial charge < -0.3 is 0 Å². The first-order valence-corrected chi connectivity index (χ1v) is 8.18. The summed E-state index contributed by atoms with van der Waals surface area (Å²) in [7, 11) is -3.20. The topological polar surface area (TPSA) is 51.2 Å². The van der Waals surface area contributed by atoms with Crippen molar-refractivity contribution in [2.24, 2.45) is 0 Å². The summed E-state index contributed by atoms with van der Waals surface area (Å²) in [5, 5.41) is 1.98. The second kappa shape index (κ2) is 4.30. The predicted molar refractivity (Wildman–Crippen MR) is 64.7 cm³/mol. The van der Waals surface area contributed by atoms with Gasteiger partial charge >= 0.3 is 0 Å². The van der Waals surface area contributed by atoms with E-state index in [1.54, 1.807) is 11.3 Å². The lowest BCUT2D eigenvalue weighted by Crippen LogP contribution is -2.24. The molecule has 0 amide bonds. The van der Waals surface area contributed by atoms with Gasteiger partial charge in [-0.2, -0.15) is 0 Å². The molecule has 1 aliphatic rings. The Morgan fingerprint density at radius 2 is 2.31 bits per heavy atom. The zero-order chi connectivity index (χ0) is 11.8. The summed E-state index contributed by atoms with van der Waals surface area (Å²) in [6.45, 7) is 0. The zero-order valence-electron chi connectivity index (χ0n) is 9.10. The minimum Gasteiger partial charge on any atom is -0.298 e. The number of hydrogen-bond donors (Lipinski definition) is 0. The molecule has 1 aromatic heterocycles. The summed E-state index contributed by atoms with van der Waals surface area (Å²) < 4.78 is 22.2. The van der Waals surface area contributed by atoms with Crippen LogP contribution in [0.15, 0.2) is 11.4 Å². The van der Waals surface area contributed by atoms with Gasteiger partial charge in [-0.3, -0.25) is 4.79 Å². The highest BCUT2D eigenvalue weighted by Crippen LogP contribution is 2.35. The fraction of sp³-hybridized carbons (Fsp3) is 0.545. The van der Waals surface area contributed by atoms with Crippen molar-refractivity contribution in [3.05, 3.63) is 21.9 Å². The Morgan fingerprint density at radius 1 is 1.56 bits per heavy atom. The van der Waals surface area contributed by atoms with E-state index in [4.69, 9.17) is 0 Å². The van der Waals surface area contributed by atoms with Crippen LogP contribution in [0.5, 0.6) is 0 Å². The second-order valence-electron chi connectivity index (χ2n) is 4.28. The molecule has 0 saturated carbocycles. The molecule has 0 aliphatic heterocycles. The fourth-order valence-corrected chi connectivity index (χ4v) is 3.89. The highest BCUT2D eigenvalue weighted by molar-refractivity contribution is 7.91. The summed E-state index contributed by atoms with van der Waals surface area (Å²) >= 11 is 1.66. The van der Waals surface area contributed by atoms with Crippen molar-refractivity contribution in [1.29, 1.82) is 0 Å². The van der Waals surface area contributed by atoms with Crippen LogP contribution in [0.1, 0.15) is 29.2 Å². The van der Waals surface area contributed by atoms with Gasteiger partial charge in [0.05, 0.1) is 0 Å². The van der Waals surface area contributed by atoms with Crippen LogP contribution >= 0.6 is 11.3 Å². The third-order valence-electron chi connectivity index (χ3n) is 2.85. The van der Waals surface area contributed by atoms with Gasteiger partial charge in [-0.1, -0.05) is 0 Å². The van der Waals surface area contributed by atoms with Crippen molar-refractivity contribution < 1.29 is 13.2 Å². The van der Waals surface area contributed by atoms with Crippen LogP contribution in [0.2, 0.25) is 0 Å². The largest absolute Gasteiger partial charge is 0.298 e. The van der Waals surface area contributed by atoms with Gasteiger partial charge in [0.25, 0.3) is 0 Å². The minimum atomic E-state index is -3.20. The Balaban J connectivity index is 2.22. The van der Waals surface area contributed by atoms with Crippen molar-refractivity contribution in [3.63, 3.8) is 0 Å². The molecule has 0 saturated heterocycles. The maximum absolute atomic E-state index is 11.9. The quantitative estimate of drug-likeness (QED) is 0.830. The van der Waals surface area contributed by atoms with Crippen molar-refractivity contribution in [2.75, 3.05) is 12.0 Å². The van der Waals surface area contributed by atoms with Crippen LogP contribution in [0.3, 0.4) is 0 Å². The molecule has 0 N–H and O–H groups in total. The number of fused-ring (bicyclic) bond motifs is 1. The Labute approximate surface area is 99.4 Å². The number of carbonyl (C=O) groups excluding carboxylic acids is 1. The number of ketones is 1. The zero-order valence-corrected chi connectivity index (χ0v) is 10.7. The van der Waals surface area contributed by atoms with Crippen molar-refractivity contribution in [3.8, 4) is 0 Å². The number of thiophene rings is 1. The van der Waals surface area contributed by atoms with Gasteiger partial charge in [0.15, 0.2) is 15.6 Å². The molecule has 0 fully saturated rings. The van der Waals surface area contributed by atoms with Crippen LogP contribution in [0.25, 0.3) is 0 Å². The van der Waals surface area contributed by atoms with Crippen LogP contribution in [-0.4, -0.2) is 26.2 Å². The molecule has 2 rings (SSSR count). The number of sulfone groups is 1. The molecule has 1 aliphatic carbocycles. The predicted octanol–water partition coefficient (Wildman–Crippen LogP) is 1.78. The van der Waals surface area contributed by atoms with Crippen molar-refractivity contribution >= 4 is 27.0 Å². The van der Waals surface area contributed by atoms with E-state index in [1.165, 1.54) is 4.88 Å². The number of aryl methyl sites for hydroxylation is 1. The maximum Gasteiger partial charge on any atom is 0.155 e. The van der Waals surface area contributed by atoms with Crippen LogP contribution in [0, 0.1) is 0 Å². The molecule has 5 heteroatoms. The Bertz CT molecular complexity index is 499. The molecular weight excluding hydrogens is 244 g/mol. The Hall–Kier alpha value is -0.680.